The van der Waals surface area contributed by atoms with Crippen molar-refractivity contribution in [2.75, 3.05) is 7.11 Å². The fraction of sp³-hybridized carbons (Fsp3) is 0.400. The Bertz CT molecular complexity index is 258. The Morgan fingerprint density at radius 2 is 2.17 bits per heavy atom. The van der Waals surface area contributed by atoms with Crippen LogP contribution in [0.3, 0.4) is 0 Å². The number of benzene rings is 1. The molecule has 0 saturated carbocycles. The van der Waals surface area contributed by atoms with Crippen molar-refractivity contribution in [3.05, 3.63) is 29.3 Å². The van der Waals surface area contributed by atoms with Crippen LogP contribution in [0.15, 0.2) is 18.2 Å². The molecular formula is C10H13ClO. The molecule has 0 fully saturated rings. The Balaban J connectivity index is 3.02. The average Bonchev–Trinajstić information content (AvgIpc) is 2.16. The van der Waals surface area contributed by atoms with Crippen molar-refractivity contribution in [1.29, 1.82) is 0 Å². The van der Waals surface area contributed by atoms with Gasteiger partial charge in [-0.15, -0.1) is 11.6 Å². The number of alkyl halides is 1. The molecule has 1 aromatic carbocycles. The molecule has 0 bridgehead atoms. The second kappa shape index (κ2) is 4.36. The van der Waals surface area contributed by atoms with Gasteiger partial charge in [-0.25, -0.2) is 0 Å². The third kappa shape index (κ3) is 1.92. The van der Waals surface area contributed by atoms with E-state index in [-0.39, 0.29) is 0 Å². The molecule has 0 atom stereocenters. The summed E-state index contributed by atoms with van der Waals surface area (Å²) in [7, 11) is 1.66. The highest BCUT2D eigenvalue weighted by Gasteiger charge is 2.01. The summed E-state index contributed by atoms with van der Waals surface area (Å²) in [6.45, 7) is 2.12. The average molecular weight is 185 g/mol. The highest BCUT2D eigenvalue weighted by atomic mass is 35.5. The Morgan fingerprint density at radius 1 is 1.42 bits per heavy atom. The van der Waals surface area contributed by atoms with Crippen molar-refractivity contribution >= 4 is 11.6 Å². The van der Waals surface area contributed by atoms with E-state index in [1.165, 1.54) is 5.56 Å². The van der Waals surface area contributed by atoms with Gasteiger partial charge in [0, 0.05) is 5.56 Å². The summed E-state index contributed by atoms with van der Waals surface area (Å²) in [4.78, 5) is 0. The summed E-state index contributed by atoms with van der Waals surface area (Å²) in [6, 6.07) is 6.12. The molecule has 0 unspecified atom stereocenters. The summed E-state index contributed by atoms with van der Waals surface area (Å²) in [5.41, 5.74) is 2.37. The normalized spacial score (nSPS) is 9.92. The van der Waals surface area contributed by atoms with Crippen LogP contribution in [0.25, 0.3) is 0 Å². The molecule has 0 heterocycles. The lowest BCUT2D eigenvalue weighted by molar-refractivity contribution is 0.411. The van der Waals surface area contributed by atoms with Crippen molar-refractivity contribution in [2.45, 2.75) is 19.2 Å². The van der Waals surface area contributed by atoms with Gasteiger partial charge in [-0.2, -0.15) is 0 Å². The third-order valence-corrected chi connectivity index (χ3v) is 2.18. The standard InChI is InChI=1S/C10H13ClO/c1-3-8-4-5-10(12-2)9(6-8)7-11/h4-6H,3,7H2,1-2H3. The fourth-order valence-corrected chi connectivity index (χ4v) is 1.37. The third-order valence-electron chi connectivity index (χ3n) is 1.90. The summed E-state index contributed by atoms with van der Waals surface area (Å²) in [5, 5.41) is 0. The number of ether oxygens (including phenoxy) is 1. The van der Waals surface area contributed by atoms with Crippen LogP contribution in [0, 0.1) is 0 Å². The molecule has 1 aromatic rings. The predicted molar refractivity (Wildman–Crippen MR) is 51.9 cm³/mol. The minimum Gasteiger partial charge on any atom is -0.496 e. The molecule has 0 N–H and O–H groups in total. The van der Waals surface area contributed by atoms with E-state index >= 15 is 0 Å². The van der Waals surface area contributed by atoms with Crippen LogP contribution in [0.2, 0.25) is 0 Å². The smallest absolute Gasteiger partial charge is 0.123 e. The maximum atomic E-state index is 5.76. The Morgan fingerprint density at radius 3 is 2.67 bits per heavy atom. The molecule has 1 rings (SSSR count). The van der Waals surface area contributed by atoms with E-state index in [9.17, 15) is 0 Å². The summed E-state index contributed by atoms with van der Waals surface area (Å²) in [5.74, 6) is 1.39. The zero-order valence-corrected chi connectivity index (χ0v) is 8.19. The largest absolute Gasteiger partial charge is 0.496 e. The van der Waals surface area contributed by atoms with Gasteiger partial charge < -0.3 is 4.74 Å². The van der Waals surface area contributed by atoms with Crippen molar-refractivity contribution in [3.63, 3.8) is 0 Å². The van der Waals surface area contributed by atoms with Crippen LogP contribution in [-0.4, -0.2) is 7.11 Å². The zero-order valence-electron chi connectivity index (χ0n) is 7.43. The van der Waals surface area contributed by atoms with Gasteiger partial charge in [-0.3, -0.25) is 0 Å². The van der Waals surface area contributed by atoms with E-state index in [4.69, 9.17) is 16.3 Å². The monoisotopic (exact) mass is 184 g/mol. The second-order valence-electron chi connectivity index (χ2n) is 2.63. The molecule has 2 heteroatoms. The van der Waals surface area contributed by atoms with Crippen LogP contribution < -0.4 is 4.74 Å². The van der Waals surface area contributed by atoms with Gasteiger partial charge in [0.05, 0.1) is 13.0 Å². The molecule has 0 aromatic heterocycles. The molecular weight excluding hydrogens is 172 g/mol. The number of methoxy groups -OCH3 is 1. The molecule has 0 aliphatic carbocycles. The molecule has 0 radical (unpaired) electrons. The Hall–Kier alpha value is -0.690. The van der Waals surface area contributed by atoms with Gasteiger partial charge in [-0.1, -0.05) is 19.1 Å². The molecule has 1 nitrogen and oxygen atoms in total. The van der Waals surface area contributed by atoms with Crippen LogP contribution in [0.4, 0.5) is 0 Å². The van der Waals surface area contributed by atoms with Crippen molar-refractivity contribution in [2.24, 2.45) is 0 Å². The van der Waals surface area contributed by atoms with Crippen molar-refractivity contribution < 1.29 is 4.74 Å². The van der Waals surface area contributed by atoms with Gasteiger partial charge in [-0.05, 0) is 18.1 Å². The fourth-order valence-electron chi connectivity index (χ4n) is 1.16. The molecule has 66 valence electrons. The molecule has 0 spiro atoms. The minimum atomic E-state index is 0.511. The number of hydrogen-bond acceptors (Lipinski definition) is 1. The number of rotatable bonds is 3. The summed E-state index contributed by atoms with van der Waals surface area (Å²) < 4.78 is 5.15. The lowest BCUT2D eigenvalue weighted by Crippen LogP contribution is -1.91. The lowest BCUT2D eigenvalue weighted by Gasteiger charge is -2.06. The van der Waals surface area contributed by atoms with E-state index in [2.05, 4.69) is 19.1 Å². The SMILES string of the molecule is CCc1ccc(OC)c(CCl)c1. The van der Waals surface area contributed by atoms with E-state index in [0.717, 1.165) is 17.7 Å². The second-order valence-corrected chi connectivity index (χ2v) is 2.90. The Labute approximate surface area is 78.3 Å². The first-order chi connectivity index (χ1) is 5.81. The van der Waals surface area contributed by atoms with E-state index < -0.39 is 0 Å². The Kier molecular flexibility index (Phi) is 3.42. The van der Waals surface area contributed by atoms with Crippen LogP contribution in [0.1, 0.15) is 18.1 Å². The topological polar surface area (TPSA) is 9.23 Å². The van der Waals surface area contributed by atoms with Crippen LogP contribution in [-0.2, 0) is 12.3 Å². The summed E-state index contributed by atoms with van der Waals surface area (Å²) >= 11 is 5.76. The van der Waals surface area contributed by atoms with Gasteiger partial charge in [0.2, 0.25) is 0 Å². The van der Waals surface area contributed by atoms with Gasteiger partial charge in [0.1, 0.15) is 5.75 Å². The maximum absolute atomic E-state index is 5.76. The van der Waals surface area contributed by atoms with Gasteiger partial charge >= 0.3 is 0 Å². The minimum absolute atomic E-state index is 0.511. The molecule has 0 saturated heterocycles. The lowest BCUT2D eigenvalue weighted by atomic mass is 10.1. The molecule has 0 aliphatic heterocycles. The zero-order chi connectivity index (χ0) is 8.97. The van der Waals surface area contributed by atoms with Crippen molar-refractivity contribution in [1.82, 2.24) is 0 Å². The van der Waals surface area contributed by atoms with Crippen LogP contribution in [0.5, 0.6) is 5.75 Å². The molecule has 0 amide bonds. The van der Waals surface area contributed by atoms with Gasteiger partial charge in [0.25, 0.3) is 0 Å². The highest BCUT2D eigenvalue weighted by Crippen LogP contribution is 2.21. The maximum Gasteiger partial charge on any atom is 0.123 e. The first-order valence-electron chi connectivity index (χ1n) is 4.03. The summed E-state index contributed by atoms with van der Waals surface area (Å²) in [6.07, 6.45) is 1.04. The van der Waals surface area contributed by atoms with Crippen molar-refractivity contribution in [3.8, 4) is 5.75 Å². The number of aryl methyl sites for hydroxylation is 1. The first-order valence-corrected chi connectivity index (χ1v) is 4.57. The quantitative estimate of drug-likeness (QED) is 0.657. The number of halogens is 1. The first kappa shape index (κ1) is 9.40. The van der Waals surface area contributed by atoms with E-state index in [1.807, 2.05) is 6.07 Å². The molecule has 0 aliphatic rings. The predicted octanol–water partition coefficient (Wildman–Crippen LogP) is 3.00. The van der Waals surface area contributed by atoms with Gasteiger partial charge in [0.15, 0.2) is 0 Å². The number of hydrogen-bond donors (Lipinski definition) is 0. The highest BCUT2D eigenvalue weighted by molar-refractivity contribution is 6.17. The van der Waals surface area contributed by atoms with E-state index in [1.54, 1.807) is 7.11 Å². The molecule has 12 heavy (non-hydrogen) atoms. The van der Waals surface area contributed by atoms with Crippen LogP contribution >= 0.6 is 11.6 Å². The van der Waals surface area contributed by atoms with E-state index in [0.29, 0.717) is 5.88 Å².